The van der Waals surface area contributed by atoms with Gasteiger partial charge >= 0.3 is 0 Å². The molecule has 0 fully saturated rings. The molecule has 1 heterocycles. The number of ketones is 1. The fourth-order valence-electron chi connectivity index (χ4n) is 4.07. The van der Waals surface area contributed by atoms with Gasteiger partial charge in [0.25, 0.3) is 5.69 Å². The number of para-hydroxylation sites is 3. The van der Waals surface area contributed by atoms with E-state index in [1.807, 2.05) is 30.3 Å². The second-order valence-electron chi connectivity index (χ2n) is 8.30. The number of benzene rings is 2. The minimum atomic E-state index is -0.393. The summed E-state index contributed by atoms with van der Waals surface area (Å²) in [6.45, 7) is 4.19. The summed E-state index contributed by atoms with van der Waals surface area (Å²) in [7, 11) is 0. The van der Waals surface area contributed by atoms with Gasteiger partial charge in [0.2, 0.25) is 0 Å². The molecule has 6 heteroatoms. The van der Waals surface area contributed by atoms with Crippen LogP contribution in [0.15, 0.2) is 65.9 Å². The van der Waals surface area contributed by atoms with Crippen LogP contribution >= 0.6 is 0 Å². The summed E-state index contributed by atoms with van der Waals surface area (Å²) in [6.07, 6.45) is 4.81. The van der Waals surface area contributed by atoms with Crippen LogP contribution in [-0.4, -0.2) is 16.7 Å². The number of anilines is 2. The number of nitro benzene ring substituents is 1. The van der Waals surface area contributed by atoms with Gasteiger partial charge in [-0.3, -0.25) is 14.9 Å². The molecule has 0 amide bonds. The molecule has 1 aliphatic heterocycles. The van der Waals surface area contributed by atoms with Crippen LogP contribution in [0.25, 0.3) is 6.08 Å². The number of carbonyl (C=O) groups is 1. The monoisotopic (exact) mass is 389 g/mol. The quantitative estimate of drug-likeness (QED) is 0.560. The zero-order valence-electron chi connectivity index (χ0n) is 16.4. The lowest BCUT2D eigenvalue weighted by atomic mass is 9.74. The minimum absolute atomic E-state index is 0.0428. The summed E-state index contributed by atoms with van der Waals surface area (Å²) >= 11 is 0. The topological polar surface area (TPSA) is 84.3 Å². The Morgan fingerprint density at radius 2 is 1.76 bits per heavy atom. The van der Waals surface area contributed by atoms with Crippen LogP contribution in [0.3, 0.4) is 0 Å². The van der Waals surface area contributed by atoms with Crippen molar-refractivity contribution in [2.75, 3.05) is 10.6 Å². The highest BCUT2D eigenvalue weighted by atomic mass is 16.6. The van der Waals surface area contributed by atoms with Crippen molar-refractivity contribution in [2.24, 2.45) is 5.41 Å². The first-order valence-electron chi connectivity index (χ1n) is 9.64. The summed E-state index contributed by atoms with van der Waals surface area (Å²) < 4.78 is 0. The smallest absolute Gasteiger partial charge is 0.276 e. The molecule has 4 rings (SSSR count). The Bertz CT molecular complexity index is 1050. The molecule has 0 radical (unpaired) electrons. The molecule has 2 aromatic rings. The van der Waals surface area contributed by atoms with Crippen LogP contribution in [0.5, 0.6) is 0 Å². The zero-order valence-corrected chi connectivity index (χ0v) is 16.4. The molecular formula is C23H23N3O3. The van der Waals surface area contributed by atoms with Gasteiger partial charge in [-0.1, -0.05) is 44.2 Å². The Morgan fingerprint density at radius 1 is 1.07 bits per heavy atom. The third kappa shape index (κ3) is 3.78. The zero-order chi connectivity index (χ0) is 20.6. The second-order valence-corrected chi connectivity index (χ2v) is 8.30. The maximum Gasteiger partial charge on any atom is 0.276 e. The standard InChI is InChI=1S/C23H23N3O3/c1-23(2)13-19-22(21(27)14-23)18(24-16-8-4-5-9-17(16)25-19)12-11-15-7-3-6-10-20(15)26(28)29/h3-12,18,24-25H,13-14H2,1-2H3/b12-11-/t18-/m0/s1. The summed E-state index contributed by atoms with van der Waals surface area (Å²) in [6, 6.07) is 14.1. The van der Waals surface area contributed by atoms with Crippen molar-refractivity contribution in [3.05, 3.63) is 81.6 Å². The van der Waals surface area contributed by atoms with Gasteiger partial charge in [-0.15, -0.1) is 0 Å². The van der Waals surface area contributed by atoms with Crippen molar-refractivity contribution in [2.45, 2.75) is 32.7 Å². The molecule has 2 N–H and O–H groups in total. The lowest BCUT2D eigenvalue weighted by molar-refractivity contribution is -0.385. The maximum atomic E-state index is 13.1. The molecule has 6 nitrogen and oxygen atoms in total. The van der Waals surface area contributed by atoms with E-state index >= 15 is 0 Å². The van der Waals surface area contributed by atoms with Crippen molar-refractivity contribution in [1.82, 2.24) is 0 Å². The predicted octanol–water partition coefficient (Wildman–Crippen LogP) is 5.16. The molecule has 0 unspecified atom stereocenters. The first-order chi connectivity index (χ1) is 13.8. The Morgan fingerprint density at radius 3 is 2.52 bits per heavy atom. The molecule has 29 heavy (non-hydrogen) atoms. The van der Waals surface area contributed by atoms with Crippen LogP contribution in [0.4, 0.5) is 17.1 Å². The molecule has 1 aliphatic carbocycles. The Labute approximate surface area is 169 Å². The molecule has 1 atom stereocenters. The van der Waals surface area contributed by atoms with E-state index in [4.69, 9.17) is 0 Å². The molecule has 0 saturated carbocycles. The first kappa shape index (κ1) is 18.9. The molecule has 0 bridgehead atoms. The number of rotatable bonds is 3. The molecule has 148 valence electrons. The molecule has 0 aromatic heterocycles. The van der Waals surface area contributed by atoms with Crippen LogP contribution in [-0.2, 0) is 4.79 Å². The third-order valence-corrected chi connectivity index (χ3v) is 5.36. The van der Waals surface area contributed by atoms with E-state index in [0.29, 0.717) is 17.6 Å². The van der Waals surface area contributed by atoms with Crippen molar-refractivity contribution in [3.63, 3.8) is 0 Å². The van der Waals surface area contributed by atoms with Crippen molar-refractivity contribution < 1.29 is 9.72 Å². The number of Topliss-reactive ketones (excluding diaryl/α,β-unsaturated/α-hetero) is 1. The highest BCUT2D eigenvalue weighted by Gasteiger charge is 2.37. The molecule has 0 saturated heterocycles. The van der Waals surface area contributed by atoms with E-state index in [0.717, 1.165) is 23.5 Å². The van der Waals surface area contributed by atoms with E-state index in [1.54, 1.807) is 24.3 Å². The number of hydrogen-bond acceptors (Lipinski definition) is 5. The lowest BCUT2D eigenvalue weighted by Gasteiger charge is -2.33. The van der Waals surface area contributed by atoms with E-state index < -0.39 is 4.92 Å². The number of fused-ring (bicyclic) bond motifs is 1. The van der Waals surface area contributed by atoms with Gasteiger partial charge in [0.05, 0.1) is 27.9 Å². The molecule has 2 aromatic carbocycles. The Kier molecular flexibility index (Phi) is 4.70. The molecular weight excluding hydrogens is 366 g/mol. The predicted molar refractivity (Wildman–Crippen MR) is 115 cm³/mol. The van der Waals surface area contributed by atoms with Crippen molar-refractivity contribution in [3.8, 4) is 0 Å². The number of nitrogens with one attached hydrogen (secondary N) is 2. The van der Waals surface area contributed by atoms with Crippen LogP contribution in [0.2, 0.25) is 0 Å². The van der Waals surface area contributed by atoms with E-state index in [1.165, 1.54) is 6.07 Å². The Balaban J connectivity index is 1.78. The fourth-order valence-corrected chi connectivity index (χ4v) is 4.07. The average molecular weight is 389 g/mol. The molecule has 2 aliphatic rings. The summed E-state index contributed by atoms with van der Waals surface area (Å²) in [5.74, 6) is 0.0984. The van der Waals surface area contributed by atoms with Crippen LogP contribution < -0.4 is 10.6 Å². The molecule has 0 spiro atoms. The van der Waals surface area contributed by atoms with Gasteiger partial charge in [-0.2, -0.15) is 0 Å². The average Bonchev–Trinajstić information content (AvgIpc) is 2.81. The lowest BCUT2D eigenvalue weighted by Crippen LogP contribution is -2.34. The largest absolute Gasteiger partial charge is 0.373 e. The second kappa shape index (κ2) is 7.20. The normalized spacial score (nSPS) is 20.3. The summed E-state index contributed by atoms with van der Waals surface area (Å²) in [4.78, 5) is 24.0. The minimum Gasteiger partial charge on any atom is -0.373 e. The van der Waals surface area contributed by atoms with E-state index in [2.05, 4.69) is 24.5 Å². The van der Waals surface area contributed by atoms with E-state index in [9.17, 15) is 14.9 Å². The van der Waals surface area contributed by atoms with Crippen molar-refractivity contribution in [1.29, 1.82) is 0 Å². The van der Waals surface area contributed by atoms with E-state index in [-0.39, 0.29) is 22.9 Å². The van der Waals surface area contributed by atoms with Gasteiger partial charge in [-0.25, -0.2) is 0 Å². The van der Waals surface area contributed by atoms with Gasteiger partial charge < -0.3 is 10.6 Å². The number of nitrogens with zero attached hydrogens (tertiary/aromatic N) is 1. The van der Waals surface area contributed by atoms with Gasteiger partial charge in [-0.05, 0) is 36.1 Å². The van der Waals surface area contributed by atoms with Crippen LogP contribution in [0.1, 0.15) is 32.3 Å². The maximum absolute atomic E-state index is 13.1. The number of hydrogen-bond donors (Lipinski definition) is 2. The third-order valence-electron chi connectivity index (χ3n) is 5.36. The number of carbonyl (C=O) groups excluding carboxylic acids is 1. The van der Waals surface area contributed by atoms with Gasteiger partial charge in [0.1, 0.15) is 0 Å². The summed E-state index contributed by atoms with van der Waals surface area (Å²) in [5, 5.41) is 18.2. The SMILES string of the molecule is CC1(C)CC(=O)C2=C(C1)Nc1ccccc1N[C@H]2/C=C\c1ccccc1[N+](=O)[O-]. The fraction of sp³-hybridized carbons (Fsp3) is 0.261. The summed E-state index contributed by atoms with van der Waals surface area (Å²) in [5.41, 5.74) is 3.87. The highest BCUT2D eigenvalue weighted by Crippen LogP contribution is 2.41. The number of nitro groups is 1. The Hall–Kier alpha value is -3.41. The van der Waals surface area contributed by atoms with Gasteiger partial charge in [0, 0.05) is 23.8 Å². The number of allylic oxidation sites excluding steroid dienone is 1. The van der Waals surface area contributed by atoms with Gasteiger partial charge in [0.15, 0.2) is 5.78 Å². The van der Waals surface area contributed by atoms with Crippen LogP contribution in [0, 0.1) is 15.5 Å². The first-order valence-corrected chi connectivity index (χ1v) is 9.64. The van der Waals surface area contributed by atoms with Crippen molar-refractivity contribution >= 4 is 28.9 Å². The highest BCUT2D eigenvalue weighted by molar-refractivity contribution is 6.01.